The second kappa shape index (κ2) is 9.31. The van der Waals surface area contributed by atoms with Crippen LogP contribution in [0, 0.1) is 0 Å². The number of ether oxygens (including phenoxy) is 1. The van der Waals surface area contributed by atoms with Crippen LogP contribution in [0.25, 0.3) is 0 Å². The van der Waals surface area contributed by atoms with E-state index in [1.54, 1.807) is 12.4 Å². The second-order valence-electron chi connectivity index (χ2n) is 4.31. The van der Waals surface area contributed by atoms with E-state index in [1.807, 2.05) is 13.0 Å². The van der Waals surface area contributed by atoms with Crippen molar-refractivity contribution >= 4 is 11.6 Å². The van der Waals surface area contributed by atoms with Crippen molar-refractivity contribution in [1.82, 2.24) is 10.3 Å². The number of hydrogen-bond acceptors (Lipinski definition) is 3. The lowest BCUT2D eigenvalue weighted by molar-refractivity contribution is 0.136. The van der Waals surface area contributed by atoms with Gasteiger partial charge < -0.3 is 10.1 Å². The molecule has 1 atom stereocenters. The Balaban J connectivity index is 2.51. The lowest BCUT2D eigenvalue weighted by atomic mass is 10.0. The first kappa shape index (κ1) is 15.4. The summed E-state index contributed by atoms with van der Waals surface area (Å²) in [7, 11) is 0. The van der Waals surface area contributed by atoms with E-state index in [1.165, 1.54) is 0 Å². The Labute approximate surface area is 115 Å². The highest BCUT2D eigenvalue weighted by molar-refractivity contribution is 6.31. The minimum absolute atomic E-state index is 0.413. The summed E-state index contributed by atoms with van der Waals surface area (Å²) >= 11 is 6.14. The van der Waals surface area contributed by atoms with Crippen LogP contribution in [-0.4, -0.2) is 30.8 Å². The number of nitrogens with one attached hydrogen (secondary N) is 1. The Bertz CT molecular complexity index is 333. The smallest absolute Gasteiger partial charge is 0.0621 e. The zero-order valence-corrected chi connectivity index (χ0v) is 12.0. The number of aromatic nitrogens is 1. The van der Waals surface area contributed by atoms with Gasteiger partial charge >= 0.3 is 0 Å². The van der Waals surface area contributed by atoms with Crippen LogP contribution in [0.4, 0.5) is 0 Å². The summed E-state index contributed by atoms with van der Waals surface area (Å²) in [5, 5.41) is 4.29. The van der Waals surface area contributed by atoms with Gasteiger partial charge in [0.05, 0.1) is 5.02 Å². The summed E-state index contributed by atoms with van der Waals surface area (Å²) in [4.78, 5) is 4.01. The van der Waals surface area contributed by atoms with Crippen LogP contribution in [0.15, 0.2) is 18.5 Å². The number of rotatable bonds is 9. The van der Waals surface area contributed by atoms with Crippen LogP contribution < -0.4 is 5.32 Å². The summed E-state index contributed by atoms with van der Waals surface area (Å²) < 4.78 is 5.43. The van der Waals surface area contributed by atoms with Crippen molar-refractivity contribution in [2.24, 2.45) is 0 Å². The predicted octanol–water partition coefficient (Wildman–Crippen LogP) is 3.07. The zero-order valence-electron chi connectivity index (χ0n) is 11.3. The molecule has 0 bridgehead atoms. The quantitative estimate of drug-likeness (QED) is 0.701. The van der Waals surface area contributed by atoms with E-state index >= 15 is 0 Å². The van der Waals surface area contributed by atoms with E-state index in [0.29, 0.717) is 6.04 Å². The van der Waals surface area contributed by atoms with Crippen LogP contribution in [0.5, 0.6) is 0 Å². The molecule has 1 unspecified atom stereocenters. The number of pyridine rings is 1. The summed E-state index contributed by atoms with van der Waals surface area (Å²) in [6.45, 7) is 6.79. The van der Waals surface area contributed by atoms with Gasteiger partial charge in [0.15, 0.2) is 0 Å². The van der Waals surface area contributed by atoms with Gasteiger partial charge in [0, 0.05) is 31.6 Å². The molecule has 3 nitrogen and oxygen atoms in total. The van der Waals surface area contributed by atoms with Crippen molar-refractivity contribution in [2.45, 2.75) is 39.2 Å². The molecule has 0 saturated heterocycles. The van der Waals surface area contributed by atoms with Crippen molar-refractivity contribution < 1.29 is 4.74 Å². The van der Waals surface area contributed by atoms with E-state index in [9.17, 15) is 0 Å². The first-order valence-electron chi connectivity index (χ1n) is 6.67. The Morgan fingerprint density at radius 3 is 2.94 bits per heavy atom. The van der Waals surface area contributed by atoms with Crippen LogP contribution in [0.2, 0.25) is 5.02 Å². The van der Waals surface area contributed by atoms with E-state index in [2.05, 4.69) is 17.2 Å². The van der Waals surface area contributed by atoms with Gasteiger partial charge in [-0.25, -0.2) is 0 Å². The molecule has 0 aromatic carbocycles. The van der Waals surface area contributed by atoms with Crippen molar-refractivity contribution in [1.29, 1.82) is 0 Å². The van der Waals surface area contributed by atoms with Crippen LogP contribution in [0.3, 0.4) is 0 Å². The van der Waals surface area contributed by atoms with Gasteiger partial charge in [-0.15, -0.1) is 0 Å². The molecule has 0 amide bonds. The van der Waals surface area contributed by atoms with Gasteiger partial charge in [-0.05, 0) is 44.4 Å². The lowest BCUT2D eigenvalue weighted by Crippen LogP contribution is -2.33. The molecule has 0 aliphatic carbocycles. The maximum atomic E-state index is 6.14. The van der Waals surface area contributed by atoms with Crippen molar-refractivity contribution in [3.05, 3.63) is 29.0 Å². The third-order valence-corrected chi connectivity index (χ3v) is 3.16. The highest BCUT2D eigenvalue weighted by atomic mass is 35.5. The Kier molecular flexibility index (Phi) is 7.98. The first-order valence-corrected chi connectivity index (χ1v) is 7.05. The van der Waals surface area contributed by atoms with Crippen LogP contribution in [-0.2, 0) is 11.2 Å². The molecule has 0 radical (unpaired) electrons. The minimum atomic E-state index is 0.413. The molecular weight excluding hydrogens is 248 g/mol. The van der Waals surface area contributed by atoms with Gasteiger partial charge in [-0.2, -0.15) is 0 Å². The molecule has 1 N–H and O–H groups in total. The Hall–Kier alpha value is -0.640. The molecule has 0 saturated carbocycles. The summed E-state index contributed by atoms with van der Waals surface area (Å²) in [6.07, 6.45) is 6.56. The highest BCUT2D eigenvalue weighted by Gasteiger charge is 2.10. The molecule has 4 heteroatoms. The molecule has 18 heavy (non-hydrogen) atoms. The Morgan fingerprint density at radius 1 is 1.44 bits per heavy atom. The largest absolute Gasteiger partial charge is 0.382 e. The molecule has 0 aliphatic heterocycles. The van der Waals surface area contributed by atoms with Crippen molar-refractivity contribution in [2.75, 3.05) is 19.8 Å². The van der Waals surface area contributed by atoms with E-state index in [4.69, 9.17) is 16.3 Å². The summed E-state index contributed by atoms with van der Waals surface area (Å²) in [6, 6.07) is 2.40. The highest BCUT2D eigenvalue weighted by Crippen LogP contribution is 2.16. The fourth-order valence-corrected chi connectivity index (χ4v) is 2.03. The maximum Gasteiger partial charge on any atom is 0.0621 e. The number of halogens is 1. The van der Waals surface area contributed by atoms with Gasteiger partial charge in [0.25, 0.3) is 0 Å². The third-order valence-electron chi connectivity index (χ3n) is 2.82. The average molecular weight is 271 g/mol. The lowest BCUT2D eigenvalue weighted by Gasteiger charge is -2.19. The molecule has 1 rings (SSSR count). The zero-order chi connectivity index (χ0) is 13.2. The first-order chi connectivity index (χ1) is 8.77. The Morgan fingerprint density at radius 2 is 2.28 bits per heavy atom. The van der Waals surface area contributed by atoms with Gasteiger partial charge in [-0.3, -0.25) is 4.98 Å². The molecule has 1 aromatic heterocycles. The molecular formula is C14H23ClN2O. The molecule has 0 spiro atoms. The monoisotopic (exact) mass is 270 g/mol. The topological polar surface area (TPSA) is 34.1 Å². The predicted molar refractivity (Wildman–Crippen MR) is 76.1 cm³/mol. The SMILES string of the molecule is CCCNC(CCOCC)Cc1ccncc1Cl. The molecule has 1 heterocycles. The third kappa shape index (κ3) is 5.80. The maximum absolute atomic E-state index is 6.14. The standard InChI is InChI=1S/C14H23ClN2O/c1-3-7-17-13(6-9-18-4-2)10-12-5-8-16-11-14(12)15/h5,8,11,13,17H,3-4,6-7,9-10H2,1-2H3. The van der Waals surface area contributed by atoms with Crippen LogP contribution >= 0.6 is 11.6 Å². The average Bonchev–Trinajstić information content (AvgIpc) is 2.38. The molecule has 0 aliphatic rings. The number of hydrogen-bond donors (Lipinski definition) is 1. The molecule has 0 fully saturated rings. The molecule has 1 aromatic rings. The van der Waals surface area contributed by atoms with Gasteiger partial charge in [0.1, 0.15) is 0 Å². The fraction of sp³-hybridized carbons (Fsp3) is 0.643. The van der Waals surface area contributed by atoms with Gasteiger partial charge in [0.2, 0.25) is 0 Å². The molecule has 102 valence electrons. The van der Waals surface area contributed by atoms with Crippen molar-refractivity contribution in [3.8, 4) is 0 Å². The fourth-order valence-electron chi connectivity index (χ4n) is 1.83. The van der Waals surface area contributed by atoms with Gasteiger partial charge in [-0.1, -0.05) is 18.5 Å². The second-order valence-corrected chi connectivity index (χ2v) is 4.72. The summed E-state index contributed by atoms with van der Waals surface area (Å²) in [5.74, 6) is 0. The normalized spacial score (nSPS) is 12.6. The van der Waals surface area contributed by atoms with E-state index in [0.717, 1.165) is 49.6 Å². The van der Waals surface area contributed by atoms with E-state index in [-0.39, 0.29) is 0 Å². The minimum Gasteiger partial charge on any atom is -0.382 e. The number of nitrogens with zero attached hydrogens (tertiary/aromatic N) is 1. The summed E-state index contributed by atoms with van der Waals surface area (Å²) in [5.41, 5.74) is 1.15. The van der Waals surface area contributed by atoms with Crippen LogP contribution in [0.1, 0.15) is 32.3 Å². The van der Waals surface area contributed by atoms with Crippen molar-refractivity contribution in [3.63, 3.8) is 0 Å². The van der Waals surface area contributed by atoms with E-state index < -0.39 is 0 Å².